The molecule has 168 valence electrons. The van der Waals surface area contributed by atoms with E-state index in [4.69, 9.17) is 0 Å². The molecule has 1 saturated heterocycles. The number of rotatable bonds is 8. The molecule has 2 N–H and O–H groups in total. The number of carbonyl (C=O) groups is 2. The van der Waals surface area contributed by atoms with Crippen LogP contribution >= 0.6 is 11.3 Å². The Hall–Kier alpha value is -1.73. The Morgan fingerprint density at radius 1 is 1.10 bits per heavy atom. The van der Waals surface area contributed by atoms with Gasteiger partial charge in [-0.3, -0.25) is 9.59 Å². The molecule has 1 aromatic rings. The van der Waals surface area contributed by atoms with Crippen LogP contribution in [0.3, 0.4) is 0 Å². The third kappa shape index (κ3) is 3.84. The highest BCUT2D eigenvalue weighted by molar-refractivity contribution is 7.15. The number of amides is 2. The fourth-order valence-corrected chi connectivity index (χ4v) is 7.04. The summed E-state index contributed by atoms with van der Waals surface area (Å²) < 4.78 is 0. The number of anilines is 1. The highest BCUT2D eigenvalue weighted by Crippen LogP contribution is 2.72. The molecule has 2 saturated carbocycles. The molecule has 2 amide bonds. The SMILES string of the molecule is Cc1nc(NC(=O)[C@H]2[C@H](C(=O)NCCCCN3CCCC3)[C@H]3C=C[C@@H]2C32CC2)sc1C. The van der Waals surface area contributed by atoms with Crippen LogP contribution in [-0.4, -0.2) is 47.9 Å². The number of unbranched alkanes of at least 4 members (excludes halogenated alkanes) is 1. The van der Waals surface area contributed by atoms with Crippen LogP contribution in [0.5, 0.6) is 0 Å². The Labute approximate surface area is 188 Å². The predicted octanol–water partition coefficient (Wildman–Crippen LogP) is 3.52. The zero-order valence-corrected chi connectivity index (χ0v) is 19.5. The smallest absolute Gasteiger partial charge is 0.230 e. The van der Waals surface area contributed by atoms with Gasteiger partial charge in [0.05, 0.1) is 17.5 Å². The fourth-order valence-electron chi connectivity index (χ4n) is 6.22. The molecule has 4 atom stereocenters. The standard InChI is InChI=1S/C24H34N4O2S/c1-15-16(2)31-23(26-15)27-22(30)20-18-8-7-17(24(18)9-10-24)19(20)21(29)25-11-3-4-12-28-13-5-6-14-28/h7-8,17-20H,3-6,9-14H2,1-2H3,(H,25,29)(H,26,27,30)/t17-,18+,19-,20-/m1/s1. The molecule has 3 aliphatic carbocycles. The summed E-state index contributed by atoms with van der Waals surface area (Å²) in [5.74, 6) is -0.116. The van der Waals surface area contributed by atoms with E-state index >= 15 is 0 Å². The van der Waals surface area contributed by atoms with E-state index < -0.39 is 0 Å². The normalized spacial score (nSPS) is 30.3. The quantitative estimate of drug-likeness (QED) is 0.477. The molecule has 0 aromatic carbocycles. The van der Waals surface area contributed by atoms with E-state index in [0.29, 0.717) is 11.7 Å². The molecule has 0 radical (unpaired) electrons. The van der Waals surface area contributed by atoms with Crippen LogP contribution in [0.2, 0.25) is 0 Å². The van der Waals surface area contributed by atoms with Crippen molar-refractivity contribution in [3.63, 3.8) is 0 Å². The van der Waals surface area contributed by atoms with Crippen LogP contribution in [0.4, 0.5) is 5.13 Å². The summed E-state index contributed by atoms with van der Waals surface area (Å²) in [7, 11) is 0. The Kier molecular flexibility index (Phi) is 5.67. The number of nitrogens with one attached hydrogen (secondary N) is 2. The summed E-state index contributed by atoms with van der Waals surface area (Å²) in [5, 5.41) is 6.87. The number of thiazole rings is 1. The van der Waals surface area contributed by atoms with Crippen molar-refractivity contribution in [2.45, 2.75) is 52.4 Å². The van der Waals surface area contributed by atoms with Gasteiger partial charge in [0.15, 0.2) is 5.13 Å². The second-order valence-electron chi connectivity index (χ2n) is 9.92. The van der Waals surface area contributed by atoms with Crippen molar-refractivity contribution in [3.05, 3.63) is 22.7 Å². The first kappa shape index (κ1) is 21.1. The Morgan fingerprint density at radius 3 is 2.39 bits per heavy atom. The zero-order chi connectivity index (χ0) is 21.6. The van der Waals surface area contributed by atoms with Crippen LogP contribution in [-0.2, 0) is 9.59 Å². The van der Waals surface area contributed by atoms with Crippen LogP contribution in [0.25, 0.3) is 0 Å². The average molecular weight is 443 g/mol. The highest BCUT2D eigenvalue weighted by atomic mass is 32.1. The average Bonchev–Trinajstić information content (AvgIpc) is 2.99. The molecule has 31 heavy (non-hydrogen) atoms. The minimum atomic E-state index is -0.286. The molecule has 2 bridgehead atoms. The first-order valence-corrected chi connectivity index (χ1v) is 12.7. The van der Waals surface area contributed by atoms with E-state index in [0.717, 1.165) is 42.8 Å². The Balaban J connectivity index is 1.21. The molecule has 1 aromatic heterocycles. The fraction of sp³-hybridized carbons (Fsp3) is 0.708. The third-order valence-corrected chi connectivity index (χ3v) is 9.09. The van der Waals surface area contributed by atoms with Gasteiger partial charge in [0, 0.05) is 11.4 Å². The summed E-state index contributed by atoms with van der Waals surface area (Å²) in [5.41, 5.74) is 1.11. The molecule has 6 nitrogen and oxygen atoms in total. The third-order valence-electron chi connectivity index (χ3n) is 8.10. The second-order valence-corrected chi connectivity index (χ2v) is 11.1. The Morgan fingerprint density at radius 2 is 1.77 bits per heavy atom. The maximum absolute atomic E-state index is 13.3. The van der Waals surface area contributed by atoms with Gasteiger partial charge in [-0.2, -0.15) is 0 Å². The lowest BCUT2D eigenvalue weighted by molar-refractivity contribution is -0.132. The number of likely N-dealkylation sites (tertiary alicyclic amines) is 1. The second kappa shape index (κ2) is 8.32. The molecule has 1 aliphatic heterocycles. The van der Waals surface area contributed by atoms with Gasteiger partial charge < -0.3 is 15.5 Å². The van der Waals surface area contributed by atoms with Crippen LogP contribution in [0.1, 0.15) is 49.1 Å². The first-order chi connectivity index (χ1) is 15.0. The monoisotopic (exact) mass is 442 g/mol. The van der Waals surface area contributed by atoms with Gasteiger partial charge in [-0.15, -0.1) is 11.3 Å². The summed E-state index contributed by atoms with van der Waals surface area (Å²) in [6.45, 7) is 8.26. The summed E-state index contributed by atoms with van der Waals surface area (Å²) in [6, 6.07) is 0. The van der Waals surface area contributed by atoms with Crippen molar-refractivity contribution < 1.29 is 9.59 Å². The van der Waals surface area contributed by atoms with Crippen molar-refractivity contribution in [2.75, 3.05) is 31.5 Å². The lowest BCUT2D eigenvalue weighted by Crippen LogP contribution is -2.42. The maximum Gasteiger partial charge on any atom is 0.230 e. The van der Waals surface area contributed by atoms with E-state index in [-0.39, 0.29) is 40.9 Å². The summed E-state index contributed by atoms with van der Waals surface area (Å²) in [6.07, 6.45) is 11.4. The van der Waals surface area contributed by atoms with Crippen LogP contribution in [0.15, 0.2) is 12.2 Å². The number of carbonyl (C=O) groups excluding carboxylic acids is 2. The largest absolute Gasteiger partial charge is 0.356 e. The van der Waals surface area contributed by atoms with Gasteiger partial charge >= 0.3 is 0 Å². The van der Waals surface area contributed by atoms with Gasteiger partial charge in [-0.25, -0.2) is 4.98 Å². The molecule has 1 spiro atoms. The molecule has 5 rings (SSSR count). The number of aromatic nitrogens is 1. The minimum Gasteiger partial charge on any atom is -0.356 e. The lowest BCUT2D eigenvalue weighted by Gasteiger charge is -2.26. The number of hydrogen-bond donors (Lipinski definition) is 2. The van der Waals surface area contributed by atoms with Gasteiger partial charge in [0.1, 0.15) is 0 Å². The summed E-state index contributed by atoms with van der Waals surface area (Å²) >= 11 is 1.51. The van der Waals surface area contributed by atoms with Crippen molar-refractivity contribution >= 4 is 28.3 Å². The topological polar surface area (TPSA) is 74.3 Å². The molecule has 4 aliphatic rings. The van der Waals surface area contributed by atoms with E-state index in [1.54, 1.807) is 0 Å². The van der Waals surface area contributed by atoms with Crippen molar-refractivity contribution in [1.29, 1.82) is 0 Å². The van der Waals surface area contributed by atoms with E-state index in [1.165, 1.54) is 37.3 Å². The Bertz CT molecular complexity index is 865. The number of allylic oxidation sites excluding steroid dienone is 2. The van der Waals surface area contributed by atoms with Gasteiger partial charge in [0.2, 0.25) is 11.8 Å². The van der Waals surface area contributed by atoms with E-state index in [1.807, 2.05) is 13.8 Å². The molecule has 3 fully saturated rings. The molecular formula is C24H34N4O2S. The summed E-state index contributed by atoms with van der Waals surface area (Å²) in [4.78, 5) is 34.7. The van der Waals surface area contributed by atoms with Gasteiger partial charge in [-0.05, 0) is 89.3 Å². The highest BCUT2D eigenvalue weighted by Gasteiger charge is 2.69. The molecule has 7 heteroatoms. The molecular weight excluding hydrogens is 408 g/mol. The number of hydrogen-bond acceptors (Lipinski definition) is 5. The van der Waals surface area contributed by atoms with Crippen molar-refractivity contribution in [3.8, 4) is 0 Å². The number of aryl methyl sites for hydroxylation is 2. The first-order valence-electron chi connectivity index (χ1n) is 11.9. The van der Waals surface area contributed by atoms with Crippen LogP contribution < -0.4 is 10.6 Å². The van der Waals surface area contributed by atoms with E-state index in [9.17, 15) is 9.59 Å². The zero-order valence-electron chi connectivity index (χ0n) is 18.7. The van der Waals surface area contributed by atoms with E-state index in [2.05, 4.69) is 32.7 Å². The molecule has 0 unspecified atom stereocenters. The van der Waals surface area contributed by atoms with Crippen molar-refractivity contribution in [1.82, 2.24) is 15.2 Å². The maximum atomic E-state index is 13.3. The predicted molar refractivity (Wildman–Crippen MR) is 123 cm³/mol. The minimum absolute atomic E-state index is 0.0361. The number of nitrogens with zero attached hydrogens (tertiary/aromatic N) is 2. The lowest BCUT2D eigenvalue weighted by atomic mass is 9.81. The van der Waals surface area contributed by atoms with Crippen molar-refractivity contribution in [2.24, 2.45) is 29.1 Å². The van der Waals surface area contributed by atoms with Gasteiger partial charge in [-0.1, -0.05) is 12.2 Å². The van der Waals surface area contributed by atoms with Crippen LogP contribution in [0, 0.1) is 42.9 Å². The van der Waals surface area contributed by atoms with Gasteiger partial charge in [0.25, 0.3) is 0 Å². The molecule has 2 heterocycles.